The van der Waals surface area contributed by atoms with Gasteiger partial charge in [0.25, 0.3) is 0 Å². The molecule has 0 radical (unpaired) electrons. The van der Waals surface area contributed by atoms with Gasteiger partial charge in [0.05, 0.1) is 16.6 Å². The first kappa shape index (κ1) is 9.65. The zero-order chi connectivity index (χ0) is 12.0. The first-order valence-electron chi connectivity index (χ1n) is 4.97. The van der Waals surface area contributed by atoms with Crippen molar-refractivity contribution in [1.29, 1.82) is 0 Å². The Balaban J connectivity index is 2.52. The van der Waals surface area contributed by atoms with E-state index in [0.29, 0.717) is 16.6 Å². The molecule has 1 aromatic heterocycles. The number of benzene rings is 2. The van der Waals surface area contributed by atoms with Crippen molar-refractivity contribution in [2.24, 2.45) is 0 Å². The molecule has 0 aliphatic heterocycles. The molecule has 0 saturated heterocycles. The summed E-state index contributed by atoms with van der Waals surface area (Å²) in [7, 11) is 0. The number of hydrogen-bond acceptors (Lipinski definition) is 5. The molecular formula is C12H8N2O3. The number of nitrogens with zero attached hydrogens (tertiary/aromatic N) is 2. The lowest BCUT2D eigenvalue weighted by molar-refractivity contribution is 0.371. The fourth-order valence-electron chi connectivity index (χ4n) is 1.72. The van der Waals surface area contributed by atoms with Gasteiger partial charge in [-0.3, -0.25) is 0 Å². The molecule has 0 saturated carbocycles. The van der Waals surface area contributed by atoms with Gasteiger partial charge in [0.15, 0.2) is 11.5 Å². The molecule has 2 aromatic carbocycles. The van der Waals surface area contributed by atoms with Crippen LogP contribution in [-0.4, -0.2) is 25.3 Å². The molecule has 5 heteroatoms. The van der Waals surface area contributed by atoms with Gasteiger partial charge in [-0.1, -0.05) is 12.1 Å². The second-order valence-corrected chi connectivity index (χ2v) is 3.67. The molecule has 0 amide bonds. The average Bonchev–Trinajstić information content (AvgIpc) is 2.34. The van der Waals surface area contributed by atoms with E-state index < -0.39 is 17.2 Å². The second kappa shape index (κ2) is 3.21. The molecule has 3 rings (SSSR count). The summed E-state index contributed by atoms with van der Waals surface area (Å²) in [4.78, 5) is 8.44. The van der Waals surface area contributed by atoms with Crippen molar-refractivity contribution in [1.82, 2.24) is 9.97 Å². The first-order valence-corrected chi connectivity index (χ1v) is 4.97. The number of aromatic nitrogens is 2. The Morgan fingerprint density at radius 1 is 0.765 bits per heavy atom. The third-order valence-electron chi connectivity index (χ3n) is 2.56. The minimum Gasteiger partial charge on any atom is -0.504 e. The van der Waals surface area contributed by atoms with Gasteiger partial charge < -0.3 is 15.3 Å². The molecule has 17 heavy (non-hydrogen) atoms. The van der Waals surface area contributed by atoms with Crippen LogP contribution in [0.25, 0.3) is 22.1 Å². The van der Waals surface area contributed by atoms with Crippen LogP contribution in [0, 0.1) is 0 Å². The van der Waals surface area contributed by atoms with Gasteiger partial charge in [-0.25, -0.2) is 9.97 Å². The quantitative estimate of drug-likeness (QED) is 0.404. The van der Waals surface area contributed by atoms with Crippen molar-refractivity contribution in [2.75, 3.05) is 0 Å². The highest BCUT2D eigenvalue weighted by Crippen LogP contribution is 2.39. The van der Waals surface area contributed by atoms with E-state index in [2.05, 4.69) is 9.97 Å². The van der Waals surface area contributed by atoms with Crippen LogP contribution in [0.3, 0.4) is 0 Å². The Hall–Kier alpha value is -2.56. The fraction of sp³-hybridized carbons (Fsp3) is 0. The van der Waals surface area contributed by atoms with Crippen LogP contribution in [0.2, 0.25) is 0 Å². The lowest BCUT2D eigenvalue weighted by atomic mass is 10.2. The average molecular weight is 228 g/mol. The highest BCUT2D eigenvalue weighted by atomic mass is 16.3. The zero-order valence-electron chi connectivity index (χ0n) is 8.62. The predicted molar refractivity (Wildman–Crippen MR) is 62.0 cm³/mol. The summed E-state index contributed by atoms with van der Waals surface area (Å²) in [5.41, 5.74) is 1.76. The molecule has 0 atom stereocenters. The molecule has 0 spiro atoms. The van der Waals surface area contributed by atoms with Gasteiger partial charge in [0.2, 0.25) is 5.75 Å². The van der Waals surface area contributed by atoms with E-state index in [4.69, 9.17) is 0 Å². The lowest BCUT2D eigenvalue weighted by Gasteiger charge is -2.05. The van der Waals surface area contributed by atoms with Gasteiger partial charge in [-0.15, -0.1) is 0 Å². The van der Waals surface area contributed by atoms with Crippen molar-refractivity contribution < 1.29 is 15.3 Å². The highest BCUT2D eigenvalue weighted by molar-refractivity contribution is 5.92. The number of rotatable bonds is 0. The molecule has 0 aliphatic carbocycles. The topological polar surface area (TPSA) is 86.5 Å². The number of hydrogen-bond donors (Lipinski definition) is 3. The van der Waals surface area contributed by atoms with Gasteiger partial charge in [-0.2, -0.15) is 0 Å². The van der Waals surface area contributed by atoms with Crippen molar-refractivity contribution in [3.8, 4) is 17.2 Å². The van der Waals surface area contributed by atoms with E-state index >= 15 is 0 Å². The van der Waals surface area contributed by atoms with Gasteiger partial charge in [0.1, 0.15) is 5.52 Å². The molecule has 3 N–H and O–H groups in total. The maximum Gasteiger partial charge on any atom is 0.202 e. The van der Waals surface area contributed by atoms with Crippen LogP contribution in [0.4, 0.5) is 0 Å². The van der Waals surface area contributed by atoms with Crippen LogP contribution < -0.4 is 0 Å². The Morgan fingerprint density at radius 2 is 1.41 bits per heavy atom. The summed E-state index contributed by atoms with van der Waals surface area (Å²) in [6.45, 7) is 0. The Morgan fingerprint density at radius 3 is 2.12 bits per heavy atom. The highest BCUT2D eigenvalue weighted by Gasteiger charge is 2.13. The minimum atomic E-state index is -0.581. The molecule has 0 unspecified atom stereocenters. The van der Waals surface area contributed by atoms with Gasteiger partial charge >= 0.3 is 0 Å². The SMILES string of the molecule is Oc1cc2nc3ccccc3nc2c(O)c1O. The van der Waals surface area contributed by atoms with Crippen LogP contribution in [0.5, 0.6) is 17.2 Å². The number of para-hydroxylation sites is 2. The number of aromatic hydroxyl groups is 3. The van der Waals surface area contributed by atoms with Crippen molar-refractivity contribution in [3.63, 3.8) is 0 Å². The third-order valence-corrected chi connectivity index (χ3v) is 2.56. The van der Waals surface area contributed by atoms with E-state index in [1.165, 1.54) is 6.07 Å². The maximum absolute atomic E-state index is 9.69. The summed E-state index contributed by atoms with van der Waals surface area (Å²) < 4.78 is 0. The number of phenolic OH excluding ortho intramolecular Hbond substituents is 3. The van der Waals surface area contributed by atoms with Crippen molar-refractivity contribution >= 4 is 22.1 Å². The molecule has 84 valence electrons. The van der Waals surface area contributed by atoms with E-state index in [1.807, 2.05) is 6.07 Å². The Labute approximate surface area is 95.6 Å². The normalized spacial score (nSPS) is 11.1. The third kappa shape index (κ3) is 1.32. The number of fused-ring (bicyclic) bond motifs is 2. The van der Waals surface area contributed by atoms with Crippen LogP contribution in [0.1, 0.15) is 0 Å². The molecule has 3 aromatic rings. The summed E-state index contributed by atoms with van der Waals surface area (Å²) in [6.07, 6.45) is 0. The van der Waals surface area contributed by atoms with E-state index in [1.54, 1.807) is 18.2 Å². The Bertz CT molecular complexity index is 740. The lowest BCUT2D eigenvalue weighted by Crippen LogP contribution is -1.88. The molecule has 0 fully saturated rings. The molecular weight excluding hydrogens is 220 g/mol. The summed E-state index contributed by atoms with van der Waals surface area (Å²) >= 11 is 0. The molecule has 0 aliphatic rings. The van der Waals surface area contributed by atoms with Crippen LogP contribution in [-0.2, 0) is 0 Å². The van der Waals surface area contributed by atoms with E-state index in [0.717, 1.165) is 0 Å². The summed E-state index contributed by atoms with van der Waals surface area (Å²) in [6, 6.07) is 8.43. The predicted octanol–water partition coefficient (Wildman–Crippen LogP) is 1.90. The summed E-state index contributed by atoms with van der Waals surface area (Å²) in [5, 5.41) is 28.5. The standard InChI is InChI=1S/C12H8N2O3/c15-9-5-8-10(12(17)11(9)16)14-7-4-2-1-3-6(7)13-8/h1-5,15-17H. The monoisotopic (exact) mass is 228 g/mol. The summed E-state index contributed by atoms with van der Waals surface area (Å²) in [5.74, 6) is -1.46. The van der Waals surface area contributed by atoms with Crippen molar-refractivity contribution in [3.05, 3.63) is 30.3 Å². The minimum absolute atomic E-state index is 0.166. The zero-order valence-corrected chi connectivity index (χ0v) is 8.62. The van der Waals surface area contributed by atoms with Gasteiger partial charge in [0, 0.05) is 6.07 Å². The molecule has 0 bridgehead atoms. The molecule has 1 heterocycles. The smallest absolute Gasteiger partial charge is 0.202 e. The van der Waals surface area contributed by atoms with Crippen LogP contribution in [0.15, 0.2) is 30.3 Å². The number of phenols is 3. The van der Waals surface area contributed by atoms with Gasteiger partial charge in [-0.05, 0) is 12.1 Å². The maximum atomic E-state index is 9.69. The largest absolute Gasteiger partial charge is 0.504 e. The molecule has 5 nitrogen and oxygen atoms in total. The van der Waals surface area contributed by atoms with Crippen LogP contribution >= 0.6 is 0 Å². The van der Waals surface area contributed by atoms with E-state index in [-0.39, 0.29) is 5.52 Å². The van der Waals surface area contributed by atoms with E-state index in [9.17, 15) is 15.3 Å². The van der Waals surface area contributed by atoms with Crippen molar-refractivity contribution in [2.45, 2.75) is 0 Å². The first-order chi connectivity index (χ1) is 8.16. The second-order valence-electron chi connectivity index (χ2n) is 3.67. The fourth-order valence-corrected chi connectivity index (χ4v) is 1.72. The Kier molecular flexibility index (Phi) is 1.82.